The van der Waals surface area contributed by atoms with E-state index >= 15 is 0 Å². The number of rotatable bonds is 4. The summed E-state index contributed by atoms with van der Waals surface area (Å²) in [5.74, 6) is 2.27. The SMILES string of the molecule is CCNc1ccc2cc(Oc3ccccc3Cl)ccc2n1. The Morgan fingerprint density at radius 3 is 2.76 bits per heavy atom. The maximum atomic E-state index is 6.10. The van der Waals surface area contributed by atoms with Crippen molar-refractivity contribution in [1.82, 2.24) is 4.98 Å². The van der Waals surface area contributed by atoms with Crippen molar-refractivity contribution >= 4 is 28.3 Å². The zero-order chi connectivity index (χ0) is 14.7. The largest absolute Gasteiger partial charge is 0.456 e. The van der Waals surface area contributed by atoms with Crippen molar-refractivity contribution in [3.8, 4) is 11.5 Å². The van der Waals surface area contributed by atoms with Crippen molar-refractivity contribution in [1.29, 1.82) is 0 Å². The zero-order valence-electron chi connectivity index (χ0n) is 11.6. The quantitative estimate of drug-likeness (QED) is 0.726. The van der Waals surface area contributed by atoms with Crippen LogP contribution < -0.4 is 10.1 Å². The highest BCUT2D eigenvalue weighted by atomic mass is 35.5. The van der Waals surface area contributed by atoms with Gasteiger partial charge in [0, 0.05) is 11.9 Å². The molecule has 4 heteroatoms. The summed E-state index contributed by atoms with van der Waals surface area (Å²) in [6.45, 7) is 2.90. The zero-order valence-corrected chi connectivity index (χ0v) is 12.4. The fourth-order valence-electron chi connectivity index (χ4n) is 2.10. The van der Waals surface area contributed by atoms with E-state index in [0.717, 1.165) is 29.0 Å². The van der Waals surface area contributed by atoms with Crippen LogP contribution in [0.3, 0.4) is 0 Å². The van der Waals surface area contributed by atoms with Gasteiger partial charge in [-0.05, 0) is 49.4 Å². The fourth-order valence-corrected chi connectivity index (χ4v) is 2.28. The molecule has 0 saturated heterocycles. The number of hydrogen-bond donors (Lipinski definition) is 1. The maximum absolute atomic E-state index is 6.10. The minimum absolute atomic E-state index is 0.596. The standard InChI is InChI=1S/C17H15ClN2O/c1-2-19-17-10-7-12-11-13(8-9-15(12)20-17)21-16-6-4-3-5-14(16)18/h3-11H,2H2,1H3,(H,19,20). The molecule has 0 aliphatic carbocycles. The van der Waals surface area contributed by atoms with Crippen LogP contribution in [-0.4, -0.2) is 11.5 Å². The Hall–Kier alpha value is -2.26. The van der Waals surface area contributed by atoms with Gasteiger partial charge in [-0.3, -0.25) is 0 Å². The number of para-hydroxylation sites is 1. The van der Waals surface area contributed by atoms with Crippen molar-refractivity contribution in [3.05, 3.63) is 59.6 Å². The highest BCUT2D eigenvalue weighted by Crippen LogP contribution is 2.30. The number of aromatic nitrogens is 1. The minimum atomic E-state index is 0.596. The first-order valence-corrected chi connectivity index (χ1v) is 7.21. The number of pyridine rings is 1. The Balaban J connectivity index is 1.91. The van der Waals surface area contributed by atoms with Crippen LogP contribution >= 0.6 is 11.6 Å². The van der Waals surface area contributed by atoms with Gasteiger partial charge in [0.25, 0.3) is 0 Å². The monoisotopic (exact) mass is 298 g/mol. The molecular formula is C17H15ClN2O. The van der Waals surface area contributed by atoms with Crippen molar-refractivity contribution in [3.63, 3.8) is 0 Å². The summed E-state index contributed by atoms with van der Waals surface area (Å²) < 4.78 is 5.82. The summed E-state index contributed by atoms with van der Waals surface area (Å²) in [6, 6.07) is 17.2. The van der Waals surface area contributed by atoms with E-state index in [9.17, 15) is 0 Å². The van der Waals surface area contributed by atoms with Gasteiger partial charge in [0.1, 0.15) is 17.3 Å². The first-order valence-electron chi connectivity index (χ1n) is 6.83. The van der Waals surface area contributed by atoms with Crippen molar-refractivity contribution in [2.24, 2.45) is 0 Å². The molecule has 3 aromatic rings. The van der Waals surface area contributed by atoms with Crippen LogP contribution in [0.15, 0.2) is 54.6 Å². The first-order chi connectivity index (χ1) is 10.3. The molecule has 0 atom stereocenters. The molecule has 0 fully saturated rings. The lowest BCUT2D eigenvalue weighted by atomic mass is 10.2. The molecule has 0 aliphatic rings. The summed E-state index contributed by atoms with van der Waals surface area (Å²) in [7, 11) is 0. The molecule has 2 aromatic carbocycles. The predicted molar refractivity (Wildman–Crippen MR) is 87.4 cm³/mol. The molecule has 106 valence electrons. The molecule has 0 radical (unpaired) electrons. The number of halogens is 1. The van der Waals surface area contributed by atoms with Crippen LogP contribution in [0.25, 0.3) is 10.9 Å². The third kappa shape index (κ3) is 3.09. The molecule has 0 amide bonds. The van der Waals surface area contributed by atoms with Gasteiger partial charge < -0.3 is 10.1 Å². The van der Waals surface area contributed by atoms with E-state index in [0.29, 0.717) is 10.8 Å². The smallest absolute Gasteiger partial charge is 0.146 e. The third-order valence-corrected chi connectivity index (χ3v) is 3.40. The van der Waals surface area contributed by atoms with E-state index in [1.165, 1.54) is 0 Å². The Labute approximate surface area is 128 Å². The molecule has 1 N–H and O–H groups in total. The second kappa shape index (κ2) is 6.02. The van der Waals surface area contributed by atoms with E-state index in [-0.39, 0.29) is 0 Å². The molecule has 3 rings (SSSR count). The van der Waals surface area contributed by atoms with E-state index in [1.54, 1.807) is 0 Å². The first kappa shape index (κ1) is 13.7. The summed E-state index contributed by atoms with van der Waals surface area (Å²) in [6.07, 6.45) is 0. The molecule has 0 unspecified atom stereocenters. The molecule has 1 heterocycles. The minimum Gasteiger partial charge on any atom is -0.456 e. The van der Waals surface area contributed by atoms with Crippen LogP contribution in [0.1, 0.15) is 6.92 Å². The fraction of sp³-hybridized carbons (Fsp3) is 0.118. The topological polar surface area (TPSA) is 34.1 Å². The molecule has 21 heavy (non-hydrogen) atoms. The van der Waals surface area contributed by atoms with Gasteiger partial charge in [-0.25, -0.2) is 4.98 Å². The summed E-state index contributed by atoms with van der Waals surface area (Å²) in [5, 5.41) is 4.83. The Morgan fingerprint density at radius 2 is 1.95 bits per heavy atom. The number of benzene rings is 2. The van der Waals surface area contributed by atoms with Crippen LogP contribution in [0.5, 0.6) is 11.5 Å². The second-order valence-electron chi connectivity index (χ2n) is 4.61. The molecule has 0 aliphatic heterocycles. The van der Waals surface area contributed by atoms with E-state index < -0.39 is 0 Å². The molecule has 0 bridgehead atoms. The Morgan fingerprint density at radius 1 is 1.10 bits per heavy atom. The normalized spacial score (nSPS) is 10.6. The van der Waals surface area contributed by atoms with E-state index in [2.05, 4.69) is 10.3 Å². The van der Waals surface area contributed by atoms with Crippen LogP contribution in [0.2, 0.25) is 5.02 Å². The van der Waals surface area contributed by atoms with Gasteiger partial charge in [-0.1, -0.05) is 23.7 Å². The van der Waals surface area contributed by atoms with Gasteiger partial charge in [-0.15, -0.1) is 0 Å². The molecule has 3 nitrogen and oxygen atoms in total. The average Bonchev–Trinajstić information content (AvgIpc) is 2.50. The van der Waals surface area contributed by atoms with Gasteiger partial charge in [-0.2, -0.15) is 0 Å². The number of nitrogens with one attached hydrogen (secondary N) is 1. The molecular weight excluding hydrogens is 284 g/mol. The van der Waals surface area contributed by atoms with Crippen LogP contribution in [0.4, 0.5) is 5.82 Å². The van der Waals surface area contributed by atoms with Gasteiger partial charge in [0.15, 0.2) is 0 Å². The lowest BCUT2D eigenvalue weighted by Gasteiger charge is -2.09. The second-order valence-corrected chi connectivity index (χ2v) is 5.02. The van der Waals surface area contributed by atoms with Crippen LogP contribution in [0, 0.1) is 0 Å². The van der Waals surface area contributed by atoms with Crippen LogP contribution in [-0.2, 0) is 0 Å². The number of anilines is 1. The van der Waals surface area contributed by atoms with E-state index in [4.69, 9.17) is 16.3 Å². The molecule has 0 saturated carbocycles. The summed E-state index contributed by atoms with van der Waals surface area (Å²) in [4.78, 5) is 4.54. The lowest BCUT2D eigenvalue weighted by molar-refractivity contribution is 0.483. The van der Waals surface area contributed by atoms with Crippen molar-refractivity contribution in [2.75, 3.05) is 11.9 Å². The summed E-state index contributed by atoms with van der Waals surface area (Å²) >= 11 is 6.10. The highest BCUT2D eigenvalue weighted by Gasteiger charge is 2.04. The Kier molecular flexibility index (Phi) is 3.93. The summed E-state index contributed by atoms with van der Waals surface area (Å²) in [5.41, 5.74) is 0.931. The van der Waals surface area contributed by atoms with Gasteiger partial charge >= 0.3 is 0 Å². The number of ether oxygens (including phenoxy) is 1. The highest BCUT2D eigenvalue weighted by molar-refractivity contribution is 6.32. The Bertz CT molecular complexity index is 774. The maximum Gasteiger partial charge on any atom is 0.146 e. The van der Waals surface area contributed by atoms with Gasteiger partial charge in [0.05, 0.1) is 10.5 Å². The lowest BCUT2D eigenvalue weighted by Crippen LogP contribution is -1.98. The number of hydrogen-bond acceptors (Lipinski definition) is 3. The third-order valence-electron chi connectivity index (χ3n) is 3.08. The number of fused-ring (bicyclic) bond motifs is 1. The average molecular weight is 299 g/mol. The molecule has 0 spiro atoms. The van der Waals surface area contributed by atoms with Gasteiger partial charge in [0.2, 0.25) is 0 Å². The van der Waals surface area contributed by atoms with E-state index in [1.807, 2.05) is 61.5 Å². The predicted octanol–water partition coefficient (Wildman–Crippen LogP) is 5.11. The molecule has 1 aromatic heterocycles. The van der Waals surface area contributed by atoms with Crippen molar-refractivity contribution < 1.29 is 4.74 Å². The number of nitrogens with zero attached hydrogens (tertiary/aromatic N) is 1. The van der Waals surface area contributed by atoms with Crippen molar-refractivity contribution in [2.45, 2.75) is 6.92 Å².